The van der Waals surface area contributed by atoms with Crippen molar-refractivity contribution in [1.29, 1.82) is 0 Å². The van der Waals surface area contributed by atoms with E-state index in [1.165, 1.54) is 25.7 Å². The highest BCUT2D eigenvalue weighted by Crippen LogP contribution is 2.26. The minimum atomic E-state index is 0.558. The molecule has 106 valence electrons. The second-order valence-electron chi connectivity index (χ2n) is 5.67. The van der Waals surface area contributed by atoms with Crippen LogP contribution in [-0.4, -0.2) is 23.1 Å². The average molecular weight is 327 g/mol. The molecule has 2 heterocycles. The number of halogens is 1. The average Bonchev–Trinajstić information content (AvgIpc) is 2.63. The van der Waals surface area contributed by atoms with Crippen LogP contribution in [0.2, 0.25) is 0 Å². The van der Waals surface area contributed by atoms with Gasteiger partial charge >= 0.3 is 0 Å². The van der Waals surface area contributed by atoms with E-state index in [1.807, 2.05) is 0 Å². The first-order valence-electron chi connectivity index (χ1n) is 7.14. The Hall–Kier alpha value is -0.840. The van der Waals surface area contributed by atoms with Crippen LogP contribution in [-0.2, 0) is 6.42 Å². The third kappa shape index (κ3) is 3.81. The highest BCUT2D eigenvalue weighted by molar-refractivity contribution is 9.10. The van der Waals surface area contributed by atoms with Gasteiger partial charge in [-0.2, -0.15) is 4.98 Å². The highest BCUT2D eigenvalue weighted by Gasteiger charge is 2.17. The first-order valence-corrected chi connectivity index (χ1v) is 7.94. The first-order chi connectivity index (χ1) is 9.08. The van der Waals surface area contributed by atoms with Crippen molar-refractivity contribution >= 4 is 27.7 Å². The number of rotatable bonds is 3. The Bertz CT molecular complexity index is 426. The van der Waals surface area contributed by atoms with Crippen molar-refractivity contribution in [1.82, 2.24) is 9.97 Å². The summed E-state index contributed by atoms with van der Waals surface area (Å²) in [4.78, 5) is 11.5. The molecule has 0 aliphatic carbocycles. The van der Waals surface area contributed by atoms with Crippen molar-refractivity contribution in [2.45, 2.75) is 46.0 Å². The van der Waals surface area contributed by atoms with Gasteiger partial charge in [-0.05, 0) is 41.1 Å². The monoisotopic (exact) mass is 326 g/mol. The molecule has 0 aromatic carbocycles. The molecular formula is C14H23BrN4. The summed E-state index contributed by atoms with van der Waals surface area (Å²) in [6.07, 6.45) is 5.98. The van der Waals surface area contributed by atoms with Crippen LogP contribution in [0.1, 0.15) is 45.2 Å². The second-order valence-corrected chi connectivity index (χ2v) is 6.46. The van der Waals surface area contributed by atoms with Gasteiger partial charge in [-0.25, -0.2) is 4.98 Å². The zero-order chi connectivity index (χ0) is 13.8. The Morgan fingerprint density at radius 2 is 1.79 bits per heavy atom. The summed E-state index contributed by atoms with van der Waals surface area (Å²) < 4.78 is 0.861. The molecule has 0 atom stereocenters. The second kappa shape index (κ2) is 6.55. The minimum Gasteiger partial charge on any atom is -0.383 e. The molecule has 4 nitrogen and oxygen atoms in total. The van der Waals surface area contributed by atoms with Gasteiger partial charge in [0, 0.05) is 13.1 Å². The van der Waals surface area contributed by atoms with Crippen molar-refractivity contribution in [2.75, 3.05) is 23.7 Å². The van der Waals surface area contributed by atoms with Gasteiger partial charge in [0.25, 0.3) is 0 Å². The van der Waals surface area contributed by atoms with Crippen LogP contribution in [0.15, 0.2) is 4.47 Å². The molecule has 0 saturated carbocycles. The lowest BCUT2D eigenvalue weighted by atomic mass is 10.1. The van der Waals surface area contributed by atoms with Crippen LogP contribution in [0, 0.1) is 5.92 Å². The van der Waals surface area contributed by atoms with Crippen molar-refractivity contribution in [2.24, 2.45) is 5.92 Å². The van der Waals surface area contributed by atoms with Crippen LogP contribution in [0.3, 0.4) is 0 Å². The van der Waals surface area contributed by atoms with Gasteiger partial charge in [-0.15, -0.1) is 0 Å². The zero-order valence-electron chi connectivity index (χ0n) is 11.8. The molecule has 1 aromatic heterocycles. The molecule has 2 rings (SSSR count). The lowest BCUT2D eigenvalue weighted by Gasteiger charge is -2.22. The molecule has 1 aliphatic heterocycles. The fraction of sp³-hybridized carbons (Fsp3) is 0.714. The molecule has 1 aromatic rings. The quantitative estimate of drug-likeness (QED) is 0.924. The normalized spacial score (nSPS) is 16.7. The maximum absolute atomic E-state index is 6.02. The maximum atomic E-state index is 6.02. The fourth-order valence-electron chi connectivity index (χ4n) is 2.43. The molecule has 2 N–H and O–H groups in total. The third-order valence-corrected chi connectivity index (χ3v) is 4.29. The summed E-state index contributed by atoms with van der Waals surface area (Å²) in [6.45, 7) is 6.47. The summed E-state index contributed by atoms with van der Waals surface area (Å²) >= 11 is 3.51. The van der Waals surface area contributed by atoms with Gasteiger partial charge in [0.05, 0.1) is 10.2 Å². The van der Waals surface area contributed by atoms with Crippen LogP contribution >= 0.6 is 15.9 Å². The van der Waals surface area contributed by atoms with Crippen LogP contribution in [0.25, 0.3) is 0 Å². The van der Waals surface area contributed by atoms with Gasteiger partial charge in [0.15, 0.2) is 0 Å². The summed E-state index contributed by atoms with van der Waals surface area (Å²) in [5, 5.41) is 0. The minimum absolute atomic E-state index is 0.558. The molecule has 0 bridgehead atoms. The lowest BCUT2D eigenvalue weighted by molar-refractivity contribution is 0.629. The van der Waals surface area contributed by atoms with E-state index in [-0.39, 0.29) is 0 Å². The number of nitrogens with two attached hydrogens (primary N) is 1. The van der Waals surface area contributed by atoms with Crippen LogP contribution in [0.4, 0.5) is 11.8 Å². The van der Waals surface area contributed by atoms with Gasteiger partial charge in [-0.1, -0.05) is 26.7 Å². The highest BCUT2D eigenvalue weighted by atomic mass is 79.9. The Morgan fingerprint density at radius 1 is 1.16 bits per heavy atom. The molecule has 1 fully saturated rings. The predicted octanol–water partition coefficient (Wildman–Crippen LogP) is 3.40. The maximum Gasteiger partial charge on any atom is 0.227 e. The molecule has 19 heavy (non-hydrogen) atoms. The van der Waals surface area contributed by atoms with E-state index in [0.717, 1.165) is 35.6 Å². The van der Waals surface area contributed by atoms with Crippen molar-refractivity contribution in [3.05, 3.63) is 10.2 Å². The number of nitrogen functional groups attached to an aromatic ring is 1. The van der Waals surface area contributed by atoms with E-state index >= 15 is 0 Å². The van der Waals surface area contributed by atoms with Crippen molar-refractivity contribution < 1.29 is 0 Å². The molecule has 1 aliphatic rings. The van der Waals surface area contributed by atoms with Gasteiger partial charge in [0.2, 0.25) is 5.95 Å². The van der Waals surface area contributed by atoms with Crippen LogP contribution in [0.5, 0.6) is 0 Å². The van der Waals surface area contributed by atoms with E-state index in [0.29, 0.717) is 11.7 Å². The SMILES string of the molecule is CC(C)Cc1nc(N2CCCCCC2)nc(N)c1Br. The Labute approximate surface area is 123 Å². The fourth-order valence-corrected chi connectivity index (χ4v) is 2.77. The number of hydrogen-bond donors (Lipinski definition) is 1. The number of hydrogen-bond acceptors (Lipinski definition) is 4. The molecule has 0 radical (unpaired) electrons. The van der Waals surface area contributed by atoms with Gasteiger partial charge in [0.1, 0.15) is 5.82 Å². The summed E-state index contributed by atoms with van der Waals surface area (Å²) in [7, 11) is 0. The Kier molecular flexibility index (Phi) is 5.02. The Balaban J connectivity index is 2.26. The standard InChI is InChI=1S/C14H23BrN4/c1-10(2)9-11-12(15)13(16)18-14(17-11)19-7-5-3-4-6-8-19/h10H,3-9H2,1-2H3,(H2,16,17,18). The molecule has 0 unspecified atom stereocenters. The van der Waals surface area contributed by atoms with Gasteiger partial charge in [-0.3, -0.25) is 0 Å². The summed E-state index contributed by atoms with van der Waals surface area (Å²) in [5.41, 5.74) is 7.05. The first kappa shape index (κ1) is 14.6. The smallest absolute Gasteiger partial charge is 0.227 e. The molecule has 0 amide bonds. The summed E-state index contributed by atoms with van der Waals surface area (Å²) in [6, 6.07) is 0. The molecule has 0 spiro atoms. The van der Waals surface area contributed by atoms with Crippen molar-refractivity contribution in [3.63, 3.8) is 0 Å². The molecular weight excluding hydrogens is 304 g/mol. The van der Waals surface area contributed by atoms with Gasteiger partial charge < -0.3 is 10.6 Å². The zero-order valence-corrected chi connectivity index (χ0v) is 13.4. The van der Waals surface area contributed by atoms with E-state index in [2.05, 4.69) is 39.7 Å². The van der Waals surface area contributed by atoms with Crippen molar-refractivity contribution in [3.8, 4) is 0 Å². The number of aromatic nitrogens is 2. The topological polar surface area (TPSA) is 55.0 Å². The largest absolute Gasteiger partial charge is 0.383 e. The Morgan fingerprint density at radius 3 is 2.37 bits per heavy atom. The lowest BCUT2D eigenvalue weighted by Crippen LogP contribution is -2.27. The van der Waals surface area contributed by atoms with E-state index in [1.54, 1.807) is 0 Å². The van der Waals surface area contributed by atoms with Crippen LogP contribution < -0.4 is 10.6 Å². The summed E-state index contributed by atoms with van der Waals surface area (Å²) in [5.74, 6) is 1.92. The van der Waals surface area contributed by atoms with E-state index in [9.17, 15) is 0 Å². The molecule has 1 saturated heterocycles. The predicted molar refractivity (Wildman–Crippen MR) is 83.4 cm³/mol. The van der Waals surface area contributed by atoms with E-state index < -0.39 is 0 Å². The number of anilines is 2. The molecule has 5 heteroatoms. The van der Waals surface area contributed by atoms with E-state index in [4.69, 9.17) is 10.7 Å². The number of nitrogens with zero attached hydrogens (tertiary/aromatic N) is 3. The third-order valence-electron chi connectivity index (χ3n) is 3.42.